The van der Waals surface area contributed by atoms with Gasteiger partial charge in [0, 0.05) is 37.9 Å². The Labute approximate surface area is 188 Å². The lowest BCUT2D eigenvalue weighted by atomic mass is 9.82. The first-order valence-electron chi connectivity index (χ1n) is 11.0. The molecule has 1 spiro atoms. The zero-order valence-electron chi connectivity index (χ0n) is 17.6. The minimum Gasteiger partial charge on any atom is -0.611 e. The van der Waals surface area contributed by atoms with E-state index in [1.807, 2.05) is 24.3 Å². The molecule has 1 unspecified atom stereocenters. The molecule has 2 aromatic rings. The van der Waals surface area contributed by atoms with E-state index in [0.717, 1.165) is 29.8 Å². The number of hydrogen-bond acceptors (Lipinski definition) is 8. The van der Waals surface area contributed by atoms with E-state index in [1.54, 1.807) is 0 Å². The van der Waals surface area contributed by atoms with Crippen molar-refractivity contribution in [1.82, 2.24) is 9.97 Å². The molecule has 0 radical (unpaired) electrons. The summed E-state index contributed by atoms with van der Waals surface area (Å²) in [5.41, 5.74) is 1.63. The van der Waals surface area contributed by atoms with Gasteiger partial charge in [-0.05, 0) is 30.1 Å². The number of rotatable bonds is 4. The molecule has 10 heteroatoms. The second-order valence-electron chi connectivity index (χ2n) is 9.05. The molecule has 1 aliphatic carbocycles. The fourth-order valence-corrected chi connectivity index (χ4v) is 6.24. The molecule has 3 aliphatic heterocycles. The van der Waals surface area contributed by atoms with Gasteiger partial charge in [0.15, 0.2) is 5.82 Å². The number of aliphatic hydroxyl groups is 1. The van der Waals surface area contributed by atoms with E-state index >= 15 is 0 Å². The number of hydrogen-bond donors (Lipinski definition) is 3. The number of para-hydroxylation sites is 1. The Morgan fingerprint density at radius 2 is 2.00 bits per heavy atom. The summed E-state index contributed by atoms with van der Waals surface area (Å²) in [6, 6.07) is 7.78. The molecule has 1 saturated heterocycles. The van der Waals surface area contributed by atoms with Crippen LogP contribution in [0, 0.1) is 0 Å². The maximum Gasteiger partial charge on any atom is 0.412 e. The van der Waals surface area contributed by atoms with Gasteiger partial charge in [0.25, 0.3) is 0 Å². The summed E-state index contributed by atoms with van der Waals surface area (Å²) >= 11 is -1.12. The van der Waals surface area contributed by atoms with Crippen LogP contribution in [0.15, 0.2) is 29.2 Å². The molecule has 32 heavy (non-hydrogen) atoms. The van der Waals surface area contributed by atoms with Crippen molar-refractivity contribution in [2.24, 2.45) is 0 Å². The first-order valence-corrected chi connectivity index (χ1v) is 12.4. The molecule has 4 heterocycles. The average Bonchev–Trinajstić information content (AvgIpc) is 3.47. The number of piperidine rings is 1. The van der Waals surface area contributed by atoms with Crippen LogP contribution in [0.1, 0.15) is 36.9 Å². The fourth-order valence-electron chi connectivity index (χ4n) is 4.93. The molecule has 1 atom stereocenters. The Bertz CT molecular complexity index is 1080. The molecule has 1 aromatic heterocycles. The monoisotopic (exact) mass is 455 g/mol. The van der Waals surface area contributed by atoms with E-state index in [4.69, 9.17) is 14.7 Å². The molecule has 6 rings (SSSR count). The third kappa shape index (κ3) is 3.20. The molecule has 9 nitrogen and oxygen atoms in total. The van der Waals surface area contributed by atoms with Crippen LogP contribution in [0.5, 0.6) is 0 Å². The van der Waals surface area contributed by atoms with Gasteiger partial charge in [-0.15, -0.1) is 0 Å². The summed E-state index contributed by atoms with van der Waals surface area (Å²) < 4.78 is 18.4. The summed E-state index contributed by atoms with van der Waals surface area (Å²) in [5, 5.41) is 15.9. The third-order valence-corrected chi connectivity index (χ3v) is 8.47. The quantitative estimate of drug-likeness (QED) is 0.600. The predicted molar refractivity (Wildman–Crippen MR) is 119 cm³/mol. The fraction of sp³-hybridized carbons (Fsp3) is 0.500. The number of carbonyl (C=O) groups excluding carboxylic acids is 1. The first kappa shape index (κ1) is 20.1. The minimum absolute atomic E-state index is 0.0266. The highest BCUT2D eigenvalue weighted by Crippen LogP contribution is 2.45. The van der Waals surface area contributed by atoms with Crippen LogP contribution in [-0.2, 0) is 27.9 Å². The van der Waals surface area contributed by atoms with Gasteiger partial charge in [-0.2, -0.15) is 4.98 Å². The van der Waals surface area contributed by atoms with Crippen LogP contribution in [-0.4, -0.2) is 56.7 Å². The second kappa shape index (κ2) is 7.23. The molecular weight excluding hydrogens is 430 g/mol. The molecule has 1 aromatic carbocycles. The van der Waals surface area contributed by atoms with E-state index in [2.05, 4.69) is 15.5 Å². The summed E-state index contributed by atoms with van der Waals surface area (Å²) in [7, 11) is 0. The molecule has 4 aliphatic rings. The van der Waals surface area contributed by atoms with E-state index in [1.165, 1.54) is 0 Å². The maximum atomic E-state index is 12.6. The van der Waals surface area contributed by atoms with Crippen molar-refractivity contribution in [2.45, 2.75) is 48.1 Å². The Morgan fingerprint density at radius 3 is 2.75 bits per heavy atom. The topological polar surface area (TPSA) is 123 Å². The summed E-state index contributed by atoms with van der Waals surface area (Å²) in [6.07, 6.45) is 3.25. The average molecular weight is 456 g/mol. The molecule has 2 fully saturated rings. The Hall–Kier alpha value is -2.56. The summed E-state index contributed by atoms with van der Waals surface area (Å²) in [5.74, 6) is 1.74. The lowest BCUT2D eigenvalue weighted by Gasteiger charge is -2.44. The lowest BCUT2D eigenvalue weighted by Crippen LogP contribution is -2.48. The standard InChI is InChI=1S/C22H25N5O4S/c28-13-21(6-7-21)26-18-17-16(5-12-32(17)30)23-19(25-18)27-10-8-22(9-11-27)14-3-1-2-4-15(14)24-20(29)31-22/h1-4,28H,5-13H2,(H,24,29)(H,23,25,26). The zero-order chi connectivity index (χ0) is 21.9. The minimum atomic E-state index is -1.12. The summed E-state index contributed by atoms with van der Waals surface area (Å²) in [4.78, 5) is 24.5. The van der Waals surface area contributed by atoms with Gasteiger partial charge < -0.3 is 24.6 Å². The largest absolute Gasteiger partial charge is 0.611 e. The third-order valence-electron chi connectivity index (χ3n) is 7.01. The van der Waals surface area contributed by atoms with Crippen molar-refractivity contribution in [3.05, 3.63) is 35.5 Å². The predicted octanol–water partition coefficient (Wildman–Crippen LogP) is 2.13. The van der Waals surface area contributed by atoms with Crippen molar-refractivity contribution >= 4 is 34.7 Å². The molecular formula is C22H25N5O4S. The number of fused-ring (bicyclic) bond motifs is 3. The van der Waals surface area contributed by atoms with Crippen molar-refractivity contribution in [3.8, 4) is 0 Å². The second-order valence-corrected chi connectivity index (χ2v) is 10.6. The van der Waals surface area contributed by atoms with Gasteiger partial charge in [-0.1, -0.05) is 18.2 Å². The highest BCUT2D eigenvalue weighted by Gasteiger charge is 2.47. The van der Waals surface area contributed by atoms with E-state index in [9.17, 15) is 14.5 Å². The number of nitrogens with zero attached hydrogens (tertiary/aromatic N) is 3. The van der Waals surface area contributed by atoms with Crippen molar-refractivity contribution < 1.29 is 19.2 Å². The van der Waals surface area contributed by atoms with Gasteiger partial charge in [0.1, 0.15) is 17.0 Å². The molecule has 1 saturated carbocycles. The van der Waals surface area contributed by atoms with Gasteiger partial charge in [0.05, 0.1) is 17.8 Å². The van der Waals surface area contributed by atoms with Crippen LogP contribution in [0.4, 0.5) is 22.2 Å². The van der Waals surface area contributed by atoms with E-state index in [-0.39, 0.29) is 12.1 Å². The zero-order valence-corrected chi connectivity index (χ0v) is 18.4. The van der Waals surface area contributed by atoms with Gasteiger partial charge in [-0.25, -0.2) is 9.78 Å². The number of aromatic nitrogens is 2. The molecule has 0 bridgehead atoms. The van der Waals surface area contributed by atoms with Gasteiger partial charge >= 0.3 is 6.09 Å². The van der Waals surface area contributed by atoms with Crippen LogP contribution in [0.25, 0.3) is 0 Å². The lowest BCUT2D eigenvalue weighted by molar-refractivity contribution is -0.00820. The Balaban J connectivity index is 1.28. The highest BCUT2D eigenvalue weighted by atomic mass is 32.2. The SMILES string of the molecule is O=C1Nc2ccccc2C2(CCN(c3nc4c(c(NC5(CO)CC5)n3)[S+]([O-])CC4)CC2)O1. The van der Waals surface area contributed by atoms with Gasteiger partial charge in [-0.3, -0.25) is 5.32 Å². The number of anilines is 3. The van der Waals surface area contributed by atoms with Crippen LogP contribution < -0.4 is 15.5 Å². The number of aryl methyl sites for hydroxylation is 1. The van der Waals surface area contributed by atoms with Crippen molar-refractivity contribution in [1.29, 1.82) is 0 Å². The first-order chi connectivity index (χ1) is 15.5. The number of carbonyl (C=O) groups is 1. The Kier molecular flexibility index (Phi) is 4.53. The smallest absolute Gasteiger partial charge is 0.412 e. The van der Waals surface area contributed by atoms with Crippen LogP contribution >= 0.6 is 0 Å². The van der Waals surface area contributed by atoms with Crippen molar-refractivity contribution in [3.63, 3.8) is 0 Å². The summed E-state index contributed by atoms with van der Waals surface area (Å²) in [6.45, 7) is 1.29. The number of nitrogens with one attached hydrogen (secondary N) is 2. The molecule has 1 amide bonds. The van der Waals surface area contributed by atoms with Gasteiger partial charge in [0.2, 0.25) is 10.8 Å². The number of benzene rings is 1. The Morgan fingerprint density at radius 1 is 1.22 bits per heavy atom. The molecule has 168 valence electrons. The maximum absolute atomic E-state index is 12.6. The molecule has 3 N–H and O–H groups in total. The van der Waals surface area contributed by atoms with Crippen LogP contribution in [0.3, 0.4) is 0 Å². The number of aliphatic hydroxyl groups excluding tert-OH is 1. The van der Waals surface area contributed by atoms with Crippen molar-refractivity contribution in [2.75, 3.05) is 41.0 Å². The highest BCUT2D eigenvalue weighted by molar-refractivity contribution is 7.91. The van der Waals surface area contributed by atoms with Crippen LogP contribution in [0.2, 0.25) is 0 Å². The number of ether oxygens (including phenoxy) is 1. The van der Waals surface area contributed by atoms with E-state index in [0.29, 0.717) is 54.8 Å². The van der Waals surface area contributed by atoms with E-state index < -0.39 is 22.9 Å². The number of amides is 1. The normalized spacial score (nSPS) is 24.4.